The van der Waals surface area contributed by atoms with Gasteiger partial charge in [0.15, 0.2) is 0 Å². The van der Waals surface area contributed by atoms with Crippen molar-refractivity contribution in [2.75, 3.05) is 16.8 Å². The van der Waals surface area contributed by atoms with Crippen LogP contribution in [-0.4, -0.2) is 47.5 Å². The Morgan fingerprint density at radius 2 is 1.95 bits per heavy atom. The number of fused-ring (bicyclic) bond motifs is 1. The molecule has 2 aliphatic rings. The number of ether oxygens (including phenoxy) is 1. The number of hydrogen-bond donors (Lipinski definition) is 1. The zero-order valence-electron chi connectivity index (χ0n) is 22.9. The maximum Gasteiger partial charge on any atom is 0.511 e. The van der Waals surface area contributed by atoms with Crippen molar-refractivity contribution in [2.24, 2.45) is 0 Å². The number of sulfonamides is 1. The molecular weight excluding hydrogens is 545 g/mol. The first-order valence-corrected chi connectivity index (χ1v) is 14.6. The number of allylic oxidation sites excluding steroid dienone is 1. The predicted octanol–water partition coefficient (Wildman–Crippen LogP) is 6.31. The molecule has 0 radical (unpaired) electrons. The summed E-state index contributed by atoms with van der Waals surface area (Å²) < 4.78 is 72.6. The highest BCUT2D eigenvalue weighted by atomic mass is 32.2. The van der Waals surface area contributed by atoms with Gasteiger partial charge in [0.1, 0.15) is 5.60 Å². The van der Waals surface area contributed by atoms with E-state index in [1.165, 1.54) is 6.20 Å². The van der Waals surface area contributed by atoms with Gasteiger partial charge in [-0.3, -0.25) is 10.3 Å². The highest BCUT2D eigenvalue weighted by Crippen LogP contribution is 2.46. The molecule has 1 aromatic heterocycles. The maximum absolute atomic E-state index is 13.8. The van der Waals surface area contributed by atoms with Crippen molar-refractivity contribution in [1.29, 1.82) is 0 Å². The summed E-state index contributed by atoms with van der Waals surface area (Å²) in [6.07, 6.45) is 5.24. The number of carbonyl (C=O) groups excluding carboxylic acids is 1. The molecule has 1 aliphatic carbocycles. The molecule has 12 heteroatoms. The van der Waals surface area contributed by atoms with Gasteiger partial charge in [-0.2, -0.15) is 17.5 Å². The normalized spacial score (nSPS) is 18.6. The lowest BCUT2D eigenvalue weighted by Gasteiger charge is -2.34. The fourth-order valence-electron chi connectivity index (χ4n) is 4.92. The summed E-state index contributed by atoms with van der Waals surface area (Å²) in [5.41, 5.74) is -2.95. The van der Waals surface area contributed by atoms with Gasteiger partial charge >= 0.3 is 21.6 Å². The van der Waals surface area contributed by atoms with Crippen molar-refractivity contribution >= 4 is 27.5 Å². The van der Waals surface area contributed by atoms with Crippen molar-refractivity contribution in [3.63, 3.8) is 0 Å². The minimum atomic E-state index is -5.57. The Morgan fingerprint density at radius 3 is 2.58 bits per heavy atom. The standard InChI is InChI=1S/C28H35F3N4O4S/c1-5-6-8-22-17-34(40(37,38)28(29,30)31)18-24-23(19-11-12-19)9-7-10-25(24)35(22)16-21-15-20(13-14-32-21)33-26(36)39-27(2,3)4/h5,7,9-10,13-15,19,22H,1,6,8,11-12,16-18H2,2-4H3,(H,32,33,36). The van der Waals surface area contributed by atoms with Crippen LogP contribution in [0.1, 0.15) is 69.2 Å². The van der Waals surface area contributed by atoms with E-state index in [0.29, 0.717) is 39.8 Å². The van der Waals surface area contributed by atoms with Crippen molar-refractivity contribution < 1.29 is 31.1 Å². The first-order valence-electron chi connectivity index (χ1n) is 13.2. The van der Waals surface area contributed by atoms with Crippen molar-refractivity contribution in [3.8, 4) is 0 Å². The molecule has 2 heterocycles. The van der Waals surface area contributed by atoms with E-state index in [-0.39, 0.29) is 25.6 Å². The number of hydrogen-bond acceptors (Lipinski definition) is 6. The lowest BCUT2D eigenvalue weighted by molar-refractivity contribution is -0.0492. The molecule has 1 fully saturated rings. The number of nitrogens with zero attached hydrogens (tertiary/aromatic N) is 3. The Kier molecular flexibility index (Phi) is 8.51. The molecule has 1 amide bonds. The van der Waals surface area contributed by atoms with E-state index < -0.39 is 33.3 Å². The number of amides is 1. The molecule has 1 atom stereocenters. The molecule has 2 aromatic rings. The summed E-state index contributed by atoms with van der Waals surface area (Å²) in [6, 6.07) is 8.27. The van der Waals surface area contributed by atoms with Crippen LogP contribution in [0, 0.1) is 0 Å². The second-order valence-electron chi connectivity index (χ2n) is 11.2. The van der Waals surface area contributed by atoms with E-state index in [1.54, 1.807) is 39.0 Å². The third-order valence-corrected chi connectivity index (χ3v) is 8.38. The lowest BCUT2D eigenvalue weighted by atomic mass is 9.99. The van der Waals surface area contributed by atoms with Gasteiger partial charge in [0.05, 0.1) is 12.2 Å². The van der Waals surface area contributed by atoms with Gasteiger partial charge in [-0.15, -0.1) is 6.58 Å². The van der Waals surface area contributed by atoms with Crippen molar-refractivity contribution in [2.45, 2.75) is 82.6 Å². The van der Waals surface area contributed by atoms with Crippen LogP contribution in [0.5, 0.6) is 0 Å². The smallest absolute Gasteiger partial charge is 0.444 e. The summed E-state index contributed by atoms with van der Waals surface area (Å²) >= 11 is 0. The number of rotatable bonds is 8. The number of anilines is 2. The number of aromatic nitrogens is 1. The number of halogens is 3. The van der Waals surface area contributed by atoms with Crippen molar-refractivity contribution in [3.05, 3.63) is 66.0 Å². The molecular formula is C28H35F3N4O4S. The lowest BCUT2D eigenvalue weighted by Crippen LogP contribution is -2.46. The van der Waals surface area contributed by atoms with Crippen LogP contribution in [-0.2, 0) is 27.8 Å². The quantitative estimate of drug-likeness (QED) is 0.368. The molecule has 0 spiro atoms. The second kappa shape index (κ2) is 11.4. The van der Waals surface area contributed by atoms with Gasteiger partial charge < -0.3 is 9.64 Å². The summed E-state index contributed by atoms with van der Waals surface area (Å²) in [7, 11) is -5.57. The maximum atomic E-state index is 13.8. The Labute approximate surface area is 233 Å². The predicted molar refractivity (Wildman–Crippen MR) is 147 cm³/mol. The van der Waals surface area contributed by atoms with E-state index in [2.05, 4.69) is 16.9 Å². The molecule has 218 valence electrons. The summed E-state index contributed by atoms with van der Waals surface area (Å²) in [6.45, 7) is 8.48. The number of nitrogens with one attached hydrogen (secondary N) is 1. The monoisotopic (exact) mass is 580 g/mol. The summed E-state index contributed by atoms with van der Waals surface area (Å²) in [5, 5.41) is 2.68. The SMILES string of the molecule is C=CCCC1CN(S(=O)(=O)C(F)(F)F)Cc2c(C3CC3)cccc2N1Cc1cc(NC(=O)OC(C)(C)C)ccn1. The fourth-order valence-corrected chi connectivity index (χ4v) is 5.88. The third-order valence-electron chi connectivity index (χ3n) is 6.83. The van der Waals surface area contributed by atoms with Crippen LogP contribution < -0.4 is 10.2 Å². The average molecular weight is 581 g/mol. The average Bonchev–Trinajstić information content (AvgIpc) is 3.69. The Hall–Kier alpha value is -3.12. The molecule has 0 bridgehead atoms. The zero-order chi connectivity index (χ0) is 29.3. The Bertz CT molecular complexity index is 1350. The number of benzene rings is 1. The van der Waals surface area contributed by atoms with Gasteiger partial charge in [-0.05, 0) is 81.7 Å². The fraction of sp³-hybridized carbons (Fsp3) is 0.500. The van der Waals surface area contributed by atoms with E-state index in [0.717, 1.165) is 18.4 Å². The Balaban J connectivity index is 1.74. The topological polar surface area (TPSA) is 91.8 Å². The van der Waals surface area contributed by atoms with E-state index in [1.807, 2.05) is 23.1 Å². The van der Waals surface area contributed by atoms with Crippen LogP contribution in [0.25, 0.3) is 0 Å². The summed E-state index contributed by atoms with van der Waals surface area (Å²) in [4.78, 5) is 18.7. The molecule has 1 saturated carbocycles. The molecule has 40 heavy (non-hydrogen) atoms. The van der Waals surface area contributed by atoms with E-state index >= 15 is 0 Å². The minimum Gasteiger partial charge on any atom is -0.444 e. The van der Waals surface area contributed by atoms with Gasteiger partial charge in [0.25, 0.3) is 0 Å². The Morgan fingerprint density at radius 1 is 1.23 bits per heavy atom. The first kappa shape index (κ1) is 29.9. The molecule has 1 unspecified atom stereocenters. The minimum absolute atomic E-state index is 0.187. The van der Waals surface area contributed by atoms with Crippen LogP contribution >= 0.6 is 0 Å². The van der Waals surface area contributed by atoms with Crippen molar-refractivity contribution in [1.82, 2.24) is 9.29 Å². The van der Waals surface area contributed by atoms with E-state index in [4.69, 9.17) is 4.74 Å². The van der Waals surface area contributed by atoms with Crippen LogP contribution in [0.15, 0.2) is 49.2 Å². The first-order chi connectivity index (χ1) is 18.7. The number of alkyl halides is 3. The molecule has 1 aliphatic heterocycles. The van der Waals surface area contributed by atoms with Gasteiger partial charge in [0, 0.05) is 36.7 Å². The number of pyridine rings is 1. The van der Waals surface area contributed by atoms with Gasteiger partial charge in [0.2, 0.25) is 0 Å². The molecule has 8 nitrogen and oxygen atoms in total. The molecule has 4 rings (SSSR count). The summed E-state index contributed by atoms with van der Waals surface area (Å²) in [5.74, 6) is 0.191. The van der Waals surface area contributed by atoms with Crippen LogP contribution in [0.4, 0.5) is 29.3 Å². The molecule has 1 N–H and O–H groups in total. The molecule has 1 aromatic carbocycles. The highest BCUT2D eigenvalue weighted by Gasteiger charge is 2.51. The van der Waals surface area contributed by atoms with Gasteiger partial charge in [-0.1, -0.05) is 18.2 Å². The largest absolute Gasteiger partial charge is 0.511 e. The molecule has 0 saturated heterocycles. The van der Waals surface area contributed by atoms with Gasteiger partial charge in [-0.25, -0.2) is 13.2 Å². The van der Waals surface area contributed by atoms with Crippen LogP contribution in [0.2, 0.25) is 0 Å². The van der Waals surface area contributed by atoms with Crippen LogP contribution in [0.3, 0.4) is 0 Å². The highest BCUT2D eigenvalue weighted by molar-refractivity contribution is 7.89. The third kappa shape index (κ3) is 6.95. The zero-order valence-corrected chi connectivity index (χ0v) is 23.7. The second-order valence-corrected chi connectivity index (χ2v) is 13.1. The number of carbonyl (C=O) groups is 1. The van der Waals surface area contributed by atoms with E-state index in [9.17, 15) is 26.4 Å².